The van der Waals surface area contributed by atoms with Crippen LogP contribution >= 0.6 is 12.2 Å². The fourth-order valence-electron chi connectivity index (χ4n) is 1.49. The molecule has 1 aliphatic carbocycles. The van der Waals surface area contributed by atoms with Crippen molar-refractivity contribution in [2.45, 2.75) is 32.6 Å². The monoisotopic (exact) mass is 200 g/mol. The normalized spacial score (nSPS) is 18.8. The fourth-order valence-corrected chi connectivity index (χ4v) is 1.62. The summed E-state index contributed by atoms with van der Waals surface area (Å²) in [6.07, 6.45) is 3.87. The summed E-state index contributed by atoms with van der Waals surface area (Å²) in [6, 6.07) is 0. The van der Waals surface area contributed by atoms with Gasteiger partial charge in [-0.05, 0) is 18.3 Å². The summed E-state index contributed by atoms with van der Waals surface area (Å²) >= 11 is 4.64. The molecule has 0 saturated heterocycles. The number of nitrogens with one attached hydrogen (secondary N) is 1. The number of carbonyl (C=O) groups excluding carboxylic acids is 1. The molecule has 0 aliphatic heterocycles. The van der Waals surface area contributed by atoms with E-state index in [0.29, 0.717) is 5.41 Å². The first-order valence-electron chi connectivity index (χ1n) is 4.57. The molecule has 0 aromatic rings. The van der Waals surface area contributed by atoms with Crippen molar-refractivity contribution in [1.29, 1.82) is 0 Å². The van der Waals surface area contributed by atoms with Crippen molar-refractivity contribution >= 4 is 23.1 Å². The summed E-state index contributed by atoms with van der Waals surface area (Å²) in [4.78, 5) is 11.4. The highest BCUT2D eigenvalue weighted by Gasteiger charge is 2.31. The molecule has 13 heavy (non-hydrogen) atoms. The van der Waals surface area contributed by atoms with E-state index in [1.165, 1.54) is 19.3 Å². The van der Waals surface area contributed by atoms with E-state index in [-0.39, 0.29) is 17.3 Å². The SMILES string of the molecule is CC1(CNC(=O)CC(N)=S)CCC1. The Morgan fingerprint density at radius 3 is 2.62 bits per heavy atom. The molecule has 0 radical (unpaired) electrons. The highest BCUT2D eigenvalue weighted by molar-refractivity contribution is 7.80. The molecule has 0 aromatic heterocycles. The maximum absolute atomic E-state index is 11.2. The molecule has 0 unspecified atom stereocenters. The van der Waals surface area contributed by atoms with E-state index in [4.69, 9.17) is 5.73 Å². The topological polar surface area (TPSA) is 55.1 Å². The molecule has 3 N–H and O–H groups in total. The van der Waals surface area contributed by atoms with Gasteiger partial charge in [-0.25, -0.2) is 0 Å². The quantitative estimate of drug-likeness (QED) is 0.665. The van der Waals surface area contributed by atoms with Crippen molar-refractivity contribution in [3.8, 4) is 0 Å². The first kappa shape index (κ1) is 10.4. The third-order valence-electron chi connectivity index (χ3n) is 2.61. The molecule has 1 amide bonds. The van der Waals surface area contributed by atoms with Crippen LogP contribution in [0.5, 0.6) is 0 Å². The number of hydrogen-bond donors (Lipinski definition) is 2. The number of amides is 1. The number of hydrogen-bond acceptors (Lipinski definition) is 2. The third-order valence-corrected chi connectivity index (χ3v) is 2.75. The van der Waals surface area contributed by atoms with Gasteiger partial charge in [-0.15, -0.1) is 0 Å². The van der Waals surface area contributed by atoms with Gasteiger partial charge in [0.25, 0.3) is 0 Å². The number of thiocarbonyl (C=S) groups is 1. The molecular weight excluding hydrogens is 184 g/mol. The largest absolute Gasteiger partial charge is 0.393 e. The minimum absolute atomic E-state index is 0.0550. The maximum Gasteiger partial charge on any atom is 0.226 e. The fraction of sp³-hybridized carbons (Fsp3) is 0.778. The van der Waals surface area contributed by atoms with E-state index in [1.807, 2.05) is 0 Å². The highest BCUT2D eigenvalue weighted by atomic mass is 32.1. The Bertz CT molecular complexity index is 224. The molecule has 0 heterocycles. The van der Waals surface area contributed by atoms with Gasteiger partial charge < -0.3 is 11.1 Å². The smallest absolute Gasteiger partial charge is 0.226 e. The molecule has 74 valence electrons. The van der Waals surface area contributed by atoms with Crippen LogP contribution in [0.1, 0.15) is 32.6 Å². The van der Waals surface area contributed by atoms with E-state index in [1.54, 1.807) is 0 Å². The van der Waals surface area contributed by atoms with Crippen LogP contribution in [0.2, 0.25) is 0 Å². The van der Waals surface area contributed by atoms with Crippen molar-refractivity contribution in [2.75, 3.05) is 6.54 Å². The molecule has 0 bridgehead atoms. The minimum atomic E-state index is -0.0550. The second kappa shape index (κ2) is 4.05. The average Bonchev–Trinajstić information content (AvgIpc) is 1.96. The Labute approximate surface area is 84.1 Å². The van der Waals surface area contributed by atoms with Crippen LogP contribution in [0, 0.1) is 5.41 Å². The predicted molar refractivity (Wildman–Crippen MR) is 56.4 cm³/mol. The van der Waals surface area contributed by atoms with Gasteiger partial charge in [-0.3, -0.25) is 4.79 Å². The Kier molecular flexibility index (Phi) is 3.25. The van der Waals surface area contributed by atoms with Crippen molar-refractivity contribution < 1.29 is 4.79 Å². The van der Waals surface area contributed by atoms with Gasteiger partial charge in [0.15, 0.2) is 0 Å². The summed E-state index contributed by atoms with van der Waals surface area (Å²) in [7, 11) is 0. The first-order chi connectivity index (χ1) is 6.02. The molecule has 1 rings (SSSR count). The van der Waals surface area contributed by atoms with E-state index >= 15 is 0 Å². The van der Waals surface area contributed by atoms with Crippen molar-refractivity contribution in [2.24, 2.45) is 11.1 Å². The minimum Gasteiger partial charge on any atom is -0.393 e. The van der Waals surface area contributed by atoms with Crippen LogP contribution in [0.25, 0.3) is 0 Å². The average molecular weight is 200 g/mol. The standard InChI is InChI=1S/C9H16N2OS/c1-9(3-2-4-9)6-11-8(12)5-7(10)13/h2-6H2,1H3,(H2,10,13)(H,11,12). The van der Waals surface area contributed by atoms with Gasteiger partial charge in [-0.2, -0.15) is 0 Å². The summed E-state index contributed by atoms with van der Waals surface area (Å²) in [6.45, 7) is 2.95. The zero-order valence-corrected chi connectivity index (χ0v) is 8.75. The second-order valence-corrected chi connectivity index (χ2v) is 4.61. The van der Waals surface area contributed by atoms with Crippen molar-refractivity contribution in [3.63, 3.8) is 0 Å². The first-order valence-corrected chi connectivity index (χ1v) is 4.98. The Morgan fingerprint density at radius 1 is 1.62 bits per heavy atom. The zero-order valence-electron chi connectivity index (χ0n) is 7.93. The van der Waals surface area contributed by atoms with Gasteiger partial charge in [0.2, 0.25) is 5.91 Å². The van der Waals surface area contributed by atoms with Crippen LogP contribution in [0.4, 0.5) is 0 Å². The van der Waals surface area contributed by atoms with E-state index in [0.717, 1.165) is 6.54 Å². The lowest BCUT2D eigenvalue weighted by Gasteiger charge is -2.38. The molecule has 4 heteroatoms. The molecule has 0 atom stereocenters. The van der Waals surface area contributed by atoms with E-state index in [2.05, 4.69) is 24.5 Å². The van der Waals surface area contributed by atoms with E-state index < -0.39 is 0 Å². The van der Waals surface area contributed by atoms with Crippen LogP contribution in [-0.4, -0.2) is 17.4 Å². The summed E-state index contributed by atoms with van der Waals surface area (Å²) in [5.74, 6) is -0.0550. The molecule has 1 fully saturated rings. The molecular formula is C9H16N2OS. The second-order valence-electron chi connectivity index (χ2n) is 4.08. The molecule has 0 aromatic carbocycles. The Balaban J connectivity index is 2.18. The Morgan fingerprint density at radius 2 is 2.23 bits per heavy atom. The zero-order chi connectivity index (χ0) is 9.90. The molecule has 1 aliphatic rings. The molecule has 0 spiro atoms. The predicted octanol–water partition coefficient (Wildman–Crippen LogP) is 0.969. The lowest BCUT2D eigenvalue weighted by Crippen LogP contribution is -2.40. The van der Waals surface area contributed by atoms with Crippen LogP contribution < -0.4 is 11.1 Å². The lowest BCUT2D eigenvalue weighted by molar-refractivity contribution is -0.120. The highest BCUT2D eigenvalue weighted by Crippen LogP contribution is 2.39. The third kappa shape index (κ3) is 3.30. The summed E-state index contributed by atoms with van der Waals surface area (Å²) in [5, 5.41) is 2.85. The van der Waals surface area contributed by atoms with Crippen LogP contribution in [0.15, 0.2) is 0 Å². The molecule has 3 nitrogen and oxygen atoms in total. The van der Waals surface area contributed by atoms with Gasteiger partial charge in [0, 0.05) is 6.54 Å². The molecule has 1 saturated carbocycles. The number of nitrogens with two attached hydrogens (primary N) is 1. The van der Waals surface area contributed by atoms with Crippen LogP contribution in [-0.2, 0) is 4.79 Å². The van der Waals surface area contributed by atoms with Gasteiger partial charge in [-0.1, -0.05) is 25.6 Å². The van der Waals surface area contributed by atoms with Crippen molar-refractivity contribution in [1.82, 2.24) is 5.32 Å². The van der Waals surface area contributed by atoms with Gasteiger partial charge >= 0.3 is 0 Å². The van der Waals surface area contributed by atoms with Crippen molar-refractivity contribution in [3.05, 3.63) is 0 Å². The number of rotatable bonds is 4. The maximum atomic E-state index is 11.2. The van der Waals surface area contributed by atoms with E-state index in [9.17, 15) is 4.79 Å². The Hall–Kier alpha value is -0.640. The van der Waals surface area contributed by atoms with Gasteiger partial charge in [0.1, 0.15) is 0 Å². The summed E-state index contributed by atoms with van der Waals surface area (Å²) in [5.41, 5.74) is 5.58. The van der Waals surface area contributed by atoms with Crippen LogP contribution in [0.3, 0.4) is 0 Å². The summed E-state index contributed by atoms with van der Waals surface area (Å²) < 4.78 is 0. The number of carbonyl (C=O) groups is 1. The lowest BCUT2D eigenvalue weighted by atomic mass is 9.70. The van der Waals surface area contributed by atoms with Gasteiger partial charge in [0.05, 0.1) is 11.4 Å².